The van der Waals surface area contributed by atoms with E-state index < -0.39 is 0 Å². The third-order valence-electron chi connectivity index (χ3n) is 11.7. The number of hydrogen-bond acceptors (Lipinski definition) is 5. The van der Waals surface area contributed by atoms with Crippen LogP contribution in [0.2, 0.25) is 0 Å². The average Bonchev–Trinajstić information content (AvgIpc) is 3.89. The zero-order chi connectivity index (χ0) is 37.3. The number of amidine groups is 1. The van der Waals surface area contributed by atoms with Gasteiger partial charge in [-0.05, 0) is 76.1 Å². The van der Waals surface area contributed by atoms with Crippen molar-refractivity contribution in [2.24, 2.45) is 15.7 Å². The van der Waals surface area contributed by atoms with E-state index in [4.69, 9.17) is 24.9 Å². The Balaban J connectivity index is 0.000000183. The van der Waals surface area contributed by atoms with Gasteiger partial charge in [-0.25, -0.2) is 0 Å². The lowest BCUT2D eigenvalue weighted by Gasteiger charge is -2.26. The van der Waals surface area contributed by atoms with Crippen LogP contribution in [0.3, 0.4) is 0 Å². The largest absolute Gasteiger partial charge is 0.485 e. The second-order valence-corrected chi connectivity index (χ2v) is 15.2. The molecule has 2 N–H and O–H groups in total. The Morgan fingerprint density at radius 2 is 1.56 bits per heavy atom. The van der Waals surface area contributed by atoms with Gasteiger partial charge in [-0.15, -0.1) is 0 Å². The molecule has 0 saturated carbocycles. The van der Waals surface area contributed by atoms with E-state index in [9.17, 15) is 0 Å². The standard InChI is InChI=1S/C35H27NO2.C14H14N2O/c1-35(2)26-15-9-8-14-25(26)31-27(35)17-19-29-34(31)38-30-20-22(16-18-28(30)37-29)23-12-6-7-13-24(23)33-32(36-33)21-10-4-3-5-11-21;1-16-14(15)9-6-7-11-10-4-2-3-5-12(10)17-13(11)8-9/h3-5,7-11,13-20,32H,6,12H2,1-2H3;2-7,13H,8H2,1H3,(H2,15,16). The Morgan fingerprint density at radius 1 is 0.782 bits per heavy atom. The van der Waals surface area contributed by atoms with E-state index in [1.807, 2.05) is 30.3 Å². The fraction of sp³-hybridized carbons (Fsp3) is 0.184. The number of aliphatic imine (C=N–C) groups is 2. The summed E-state index contributed by atoms with van der Waals surface area (Å²) >= 11 is 0. The molecule has 0 bridgehead atoms. The topological polar surface area (TPSA) is 78.4 Å². The molecule has 0 fully saturated rings. The van der Waals surface area contributed by atoms with E-state index >= 15 is 0 Å². The van der Waals surface area contributed by atoms with Crippen LogP contribution in [0, 0.1) is 0 Å². The average molecular weight is 720 g/mol. The van der Waals surface area contributed by atoms with Crippen molar-refractivity contribution in [1.82, 2.24) is 0 Å². The van der Waals surface area contributed by atoms with E-state index in [0.29, 0.717) is 5.84 Å². The first kappa shape index (κ1) is 33.2. The third-order valence-corrected chi connectivity index (χ3v) is 11.7. The number of hydrogen-bond donors (Lipinski definition) is 1. The first-order chi connectivity index (χ1) is 26.9. The molecule has 2 unspecified atom stereocenters. The Morgan fingerprint density at radius 3 is 2.42 bits per heavy atom. The van der Waals surface area contributed by atoms with Crippen molar-refractivity contribution in [3.63, 3.8) is 0 Å². The van der Waals surface area contributed by atoms with Gasteiger partial charge in [0.25, 0.3) is 0 Å². The lowest BCUT2D eigenvalue weighted by atomic mass is 9.82. The predicted octanol–water partition coefficient (Wildman–Crippen LogP) is 11.3. The van der Waals surface area contributed by atoms with Crippen LogP contribution in [0.1, 0.15) is 67.0 Å². The molecule has 3 aliphatic carbocycles. The smallest absolute Gasteiger partial charge is 0.178 e. The van der Waals surface area contributed by atoms with Gasteiger partial charge in [-0.3, -0.25) is 9.98 Å². The molecule has 3 aliphatic heterocycles. The van der Waals surface area contributed by atoms with Gasteiger partial charge in [0.15, 0.2) is 23.0 Å². The van der Waals surface area contributed by atoms with Crippen LogP contribution < -0.4 is 19.9 Å². The highest BCUT2D eigenvalue weighted by Crippen LogP contribution is 2.58. The highest BCUT2D eigenvalue weighted by atomic mass is 16.6. The quantitative estimate of drug-likeness (QED) is 0.145. The van der Waals surface area contributed by atoms with E-state index in [1.54, 1.807) is 7.05 Å². The summed E-state index contributed by atoms with van der Waals surface area (Å²) in [5.41, 5.74) is 20.4. The molecule has 5 aromatic rings. The van der Waals surface area contributed by atoms with E-state index in [0.717, 1.165) is 59.1 Å². The Bertz CT molecular complexity index is 2610. The molecular formula is C49H41N3O3. The molecule has 2 atom stereocenters. The highest BCUT2D eigenvalue weighted by Gasteiger charge is 2.40. The van der Waals surface area contributed by atoms with Crippen molar-refractivity contribution >= 4 is 22.7 Å². The fourth-order valence-electron chi connectivity index (χ4n) is 8.74. The zero-order valence-electron chi connectivity index (χ0n) is 31.2. The summed E-state index contributed by atoms with van der Waals surface area (Å²) in [6, 6.07) is 38.1. The Labute approximate surface area is 321 Å². The summed E-state index contributed by atoms with van der Waals surface area (Å²) in [6.45, 7) is 4.57. The Kier molecular flexibility index (Phi) is 7.77. The summed E-state index contributed by atoms with van der Waals surface area (Å²) in [4.78, 5) is 8.88. The predicted molar refractivity (Wildman–Crippen MR) is 222 cm³/mol. The van der Waals surface area contributed by atoms with Gasteiger partial charge in [0.1, 0.15) is 23.7 Å². The second kappa shape index (κ2) is 12.9. The summed E-state index contributed by atoms with van der Waals surface area (Å²) in [5, 5.41) is 0. The molecule has 5 aromatic carbocycles. The zero-order valence-corrected chi connectivity index (χ0v) is 31.2. The number of fused-ring (bicyclic) bond motifs is 9. The molecule has 0 aromatic heterocycles. The van der Waals surface area contributed by atoms with Crippen molar-refractivity contribution in [2.75, 3.05) is 7.05 Å². The maximum atomic E-state index is 6.71. The van der Waals surface area contributed by atoms with Gasteiger partial charge in [0.2, 0.25) is 0 Å². The molecule has 55 heavy (non-hydrogen) atoms. The van der Waals surface area contributed by atoms with E-state index in [1.165, 1.54) is 55.8 Å². The maximum absolute atomic E-state index is 6.71. The number of para-hydroxylation sites is 1. The van der Waals surface area contributed by atoms with Crippen molar-refractivity contribution in [1.29, 1.82) is 0 Å². The molecule has 6 heteroatoms. The van der Waals surface area contributed by atoms with Crippen LogP contribution in [0.5, 0.6) is 28.7 Å². The highest BCUT2D eigenvalue weighted by molar-refractivity contribution is 6.19. The summed E-state index contributed by atoms with van der Waals surface area (Å²) in [6.07, 6.45) is 11.5. The van der Waals surface area contributed by atoms with Gasteiger partial charge in [-0.1, -0.05) is 123 Å². The van der Waals surface area contributed by atoms with Gasteiger partial charge < -0.3 is 19.9 Å². The lowest BCUT2D eigenvalue weighted by molar-refractivity contribution is 0.277. The van der Waals surface area contributed by atoms with E-state index in [2.05, 4.69) is 122 Å². The van der Waals surface area contributed by atoms with Crippen molar-refractivity contribution in [3.05, 3.63) is 172 Å². The number of allylic oxidation sites excluding steroid dienone is 5. The first-order valence-corrected chi connectivity index (χ1v) is 19.1. The molecule has 0 radical (unpaired) electrons. The van der Waals surface area contributed by atoms with Crippen molar-refractivity contribution < 1.29 is 14.2 Å². The molecule has 6 nitrogen and oxygen atoms in total. The van der Waals surface area contributed by atoms with Crippen LogP contribution in [-0.4, -0.2) is 24.7 Å². The normalized spacial score (nSPS) is 20.3. The van der Waals surface area contributed by atoms with Crippen LogP contribution >= 0.6 is 0 Å². The van der Waals surface area contributed by atoms with Crippen molar-refractivity contribution in [2.45, 2.75) is 50.7 Å². The van der Waals surface area contributed by atoms with Gasteiger partial charge in [0.05, 0.1) is 5.71 Å². The third kappa shape index (κ3) is 5.55. The minimum Gasteiger partial charge on any atom is -0.485 e. The SMILES string of the molecule is CC1(C)c2ccccc2-c2c1ccc1c2Oc2cc(C3=C(C4=NC4c4ccccc4)C=CCC3)ccc2O1.CN=C(N)C1=CC=C2c3ccccc3OC2C1. The van der Waals surface area contributed by atoms with Crippen LogP contribution in [0.15, 0.2) is 155 Å². The second-order valence-electron chi connectivity index (χ2n) is 15.2. The molecule has 270 valence electrons. The Hall–Kier alpha value is -6.40. The minimum atomic E-state index is -0.0825. The number of ether oxygens (including phenoxy) is 3. The first-order valence-electron chi connectivity index (χ1n) is 19.1. The molecule has 0 saturated heterocycles. The monoisotopic (exact) mass is 719 g/mol. The molecule has 0 spiro atoms. The van der Waals surface area contributed by atoms with E-state index in [-0.39, 0.29) is 17.6 Å². The number of nitrogens with two attached hydrogens (primary N) is 1. The maximum Gasteiger partial charge on any atom is 0.178 e. The summed E-state index contributed by atoms with van der Waals surface area (Å²) < 4.78 is 19.0. The fourth-order valence-corrected chi connectivity index (χ4v) is 8.74. The van der Waals surface area contributed by atoms with Crippen molar-refractivity contribution in [3.8, 4) is 39.9 Å². The number of rotatable bonds is 4. The summed E-state index contributed by atoms with van der Waals surface area (Å²) in [7, 11) is 1.71. The van der Waals surface area contributed by atoms with Gasteiger partial charge in [-0.2, -0.15) is 0 Å². The molecule has 3 heterocycles. The molecule has 0 amide bonds. The summed E-state index contributed by atoms with van der Waals surface area (Å²) in [5.74, 6) is 4.68. The van der Waals surface area contributed by atoms with Crippen LogP contribution in [-0.2, 0) is 5.41 Å². The minimum absolute atomic E-state index is 0.0825. The van der Waals surface area contributed by atoms with Crippen LogP contribution in [0.4, 0.5) is 0 Å². The number of benzene rings is 5. The van der Waals surface area contributed by atoms with Crippen LogP contribution in [0.25, 0.3) is 22.3 Å². The molecular weight excluding hydrogens is 679 g/mol. The van der Waals surface area contributed by atoms with Gasteiger partial charge in [0, 0.05) is 41.2 Å². The lowest BCUT2D eigenvalue weighted by Crippen LogP contribution is -2.23. The number of nitrogens with zero attached hydrogens (tertiary/aromatic N) is 2. The molecule has 6 aliphatic rings. The van der Waals surface area contributed by atoms with Gasteiger partial charge >= 0.3 is 0 Å². The molecule has 11 rings (SSSR count).